The summed E-state index contributed by atoms with van der Waals surface area (Å²) in [6.07, 6.45) is 5.77. The Morgan fingerprint density at radius 1 is 0.810 bits per heavy atom. The molecular weight excluding hydrogens is 262 g/mol. The van der Waals surface area contributed by atoms with Crippen molar-refractivity contribution in [1.82, 2.24) is 5.32 Å². The third kappa shape index (κ3) is 1.39. The van der Waals surface area contributed by atoms with E-state index in [0.29, 0.717) is 12.1 Å². The Morgan fingerprint density at radius 2 is 1.24 bits per heavy atom. The highest BCUT2D eigenvalue weighted by Gasteiger charge is 2.60. The summed E-state index contributed by atoms with van der Waals surface area (Å²) < 4.78 is 11.3. The van der Waals surface area contributed by atoms with Gasteiger partial charge in [-0.15, -0.1) is 0 Å². The van der Waals surface area contributed by atoms with Crippen LogP contribution in [-0.2, 0) is 0 Å². The summed E-state index contributed by atoms with van der Waals surface area (Å²) in [7, 11) is 3.58. The van der Waals surface area contributed by atoms with E-state index < -0.39 is 0 Å². The number of rotatable bonds is 2. The van der Waals surface area contributed by atoms with E-state index in [1.165, 1.54) is 36.8 Å². The van der Waals surface area contributed by atoms with Crippen molar-refractivity contribution in [1.29, 1.82) is 0 Å². The second kappa shape index (κ2) is 4.16. The fraction of sp³-hybridized carbons (Fsp3) is 0.667. The minimum atomic E-state index is 0.494. The van der Waals surface area contributed by atoms with Crippen LogP contribution in [-0.4, -0.2) is 14.2 Å². The molecule has 6 rings (SSSR count). The van der Waals surface area contributed by atoms with Gasteiger partial charge in [-0.25, -0.2) is 0 Å². The molecule has 1 aromatic rings. The molecule has 3 aliphatic carbocycles. The lowest BCUT2D eigenvalue weighted by Gasteiger charge is -2.50. The molecule has 4 fully saturated rings. The second-order valence-corrected chi connectivity index (χ2v) is 7.25. The molecule has 0 amide bonds. The van der Waals surface area contributed by atoms with E-state index in [9.17, 15) is 0 Å². The first-order valence-electron chi connectivity index (χ1n) is 8.34. The van der Waals surface area contributed by atoms with E-state index in [4.69, 9.17) is 9.47 Å². The van der Waals surface area contributed by atoms with Crippen LogP contribution in [0.3, 0.4) is 0 Å². The molecule has 3 saturated carbocycles. The number of hydrogen-bond acceptors (Lipinski definition) is 3. The minimum Gasteiger partial charge on any atom is -0.496 e. The highest BCUT2D eigenvalue weighted by Crippen LogP contribution is 2.67. The van der Waals surface area contributed by atoms with Gasteiger partial charge in [-0.3, -0.25) is 0 Å². The van der Waals surface area contributed by atoms with Gasteiger partial charge in [0.2, 0.25) is 0 Å². The predicted octanol–water partition coefficient (Wildman–Crippen LogP) is 3.46. The van der Waals surface area contributed by atoms with Gasteiger partial charge in [-0.05, 0) is 61.5 Å². The molecular formula is C18H23NO2. The Labute approximate surface area is 126 Å². The molecule has 0 spiro atoms. The predicted molar refractivity (Wildman–Crippen MR) is 80.6 cm³/mol. The van der Waals surface area contributed by atoms with Crippen LogP contribution in [0.25, 0.3) is 0 Å². The largest absolute Gasteiger partial charge is 0.496 e. The quantitative estimate of drug-likeness (QED) is 0.902. The first kappa shape index (κ1) is 12.3. The highest BCUT2D eigenvalue weighted by atomic mass is 16.5. The molecule has 1 saturated heterocycles. The van der Waals surface area contributed by atoms with E-state index in [1.807, 2.05) is 0 Å². The van der Waals surface area contributed by atoms with Crippen molar-refractivity contribution < 1.29 is 9.47 Å². The Balaban J connectivity index is 1.69. The zero-order chi connectivity index (χ0) is 14.1. The van der Waals surface area contributed by atoms with Crippen molar-refractivity contribution in [3.05, 3.63) is 23.3 Å². The van der Waals surface area contributed by atoms with E-state index in [0.717, 1.165) is 35.2 Å². The number of benzene rings is 1. The molecule has 0 radical (unpaired) electrons. The molecule has 4 atom stereocenters. The van der Waals surface area contributed by atoms with E-state index in [-0.39, 0.29) is 0 Å². The van der Waals surface area contributed by atoms with Crippen LogP contribution in [0, 0.1) is 23.7 Å². The van der Waals surface area contributed by atoms with Crippen LogP contribution >= 0.6 is 0 Å². The van der Waals surface area contributed by atoms with Crippen LogP contribution in [0.15, 0.2) is 12.1 Å². The lowest BCUT2D eigenvalue weighted by atomic mass is 9.54. The first-order chi connectivity index (χ1) is 10.3. The van der Waals surface area contributed by atoms with E-state index >= 15 is 0 Å². The smallest absolute Gasteiger partial charge is 0.124 e. The van der Waals surface area contributed by atoms with Crippen LogP contribution in [0.5, 0.6) is 11.5 Å². The molecule has 112 valence electrons. The first-order valence-corrected chi connectivity index (χ1v) is 8.34. The molecule has 1 aromatic carbocycles. The maximum Gasteiger partial charge on any atom is 0.124 e. The molecule has 1 N–H and O–H groups in total. The summed E-state index contributed by atoms with van der Waals surface area (Å²) in [6, 6.07) is 5.15. The van der Waals surface area contributed by atoms with Crippen LogP contribution in [0.4, 0.5) is 0 Å². The molecule has 2 aliphatic heterocycles. The molecule has 21 heavy (non-hydrogen) atoms. The lowest BCUT2D eigenvalue weighted by Crippen LogP contribution is -2.42. The summed E-state index contributed by atoms with van der Waals surface area (Å²) in [6.45, 7) is 0. The summed E-state index contributed by atoms with van der Waals surface area (Å²) in [5, 5.41) is 3.93. The Kier molecular flexibility index (Phi) is 2.44. The molecule has 3 heteroatoms. The third-order valence-electron chi connectivity index (χ3n) is 6.75. The average Bonchev–Trinajstić information content (AvgIpc) is 3.14. The minimum absolute atomic E-state index is 0.494. The molecule has 5 aliphatic rings. The number of nitrogens with one attached hydrogen (secondary N) is 1. The fourth-order valence-corrected chi connectivity index (χ4v) is 6.09. The summed E-state index contributed by atoms with van der Waals surface area (Å²) in [5.41, 5.74) is 2.80. The van der Waals surface area contributed by atoms with Crippen molar-refractivity contribution >= 4 is 0 Å². The molecule has 4 bridgehead atoms. The number of ether oxygens (including phenoxy) is 2. The molecule has 2 heterocycles. The highest BCUT2D eigenvalue weighted by molar-refractivity contribution is 5.57. The summed E-state index contributed by atoms with van der Waals surface area (Å²) in [4.78, 5) is 0. The zero-order valence-corrected chi connectivity index (χ0v) is 12.8. The monoisotopic (exact) mass is 285 g/mol. The van der Waals surface area contributed by atoms with Crippen molar-refractivity contribution in [3.8, 4) is 11.5 Å². The number of methoxy groups -OCH3 is 2. The van der Waals surface area contributed by atoms with Gasteiger partial charge in [-0.2, -0.15) is 0 Å². The van der Waals surface area contributed by atoms with Crippen LogP contribution in [0.2, 0.25) is 0 Å². The van der Waals surface area contributed by atoms with Gasteiger partial charge in [-0.1, -0.05) is 0 Å². The van der Waals surface area contributed by atoms with Gasteiger partial charge in [0.15, 0.2) is 0 Å². The van der Waals surface area contributed by atoms with Gasteiger partial charge >= 0.3 is 0 Å². The van der Waals surface area contributed by atoms with Crippen molar-refractivity contribution in [2.45, 2.75) is 37.8 Å². The van der Waals surface area contributed by atoms with Crippen molar-refractivity contribution in [3.63, 3.8) is 0 Å². The molecule has 3 nitrogen and oxygen atoms in total. The maximum absolute atomic E-state index is 5.67. The molecule has 0 unspecified atom stereocenters. The van der Waals surface area contributed by atoms with E-state index in [1.54, 1.807) is 14.2 Å². The van der Waals surface area contributed by atoms with Gasteiger partial charge in [0.05, 0.1) is 14.2 Å². The van der Waals surface area contributed by atoms with Crippen molar-refractivity contribution in [2.75, 3.05) is 14.2 Å². The second-order valence-electron chi connectivity index (χ2n) is 7.25. The fourth-order valence-electron chi connectivity index (χ4n) is 6.09. The number of hydrogen-bond donors (Lipinski definition) is 1. The Hall–Kier alpha value is -1.22. The average molecular weight is 285 g/mol. The van der Waals surface area contributed by atoms with Crippen LogP contribution in [0.1, 0.15) is 48.9 Å². The van der Waals surface area contributed by atoms with Gasteiger partial charge in [0.1, 0.15) is 11.5 Å². The summed E-state index contributed by atoms with van der Waals surface area (Å²) >= 11 is 0. The zero-order valence-electron chi connectivity index (χ0n) is 12.8. The van der Waals surface area contributed by atoms with E-state index in [2.05, 4.69) is 17.4 Å². The maximum atomic E-state index is 5.67. The lowest BCUT2D eigenvalue weighted by molar-refractivity contribution is 0.0237. The van der Waals surface area contributed by atoms with Gasteiger partial charge in [0.25, 0.3) is 0 Å². The normalized spacial score (nSPS) is 41.8. The topological polar surface area (TPSA) is 30.5 Å². The standard InChI is InChI=1S/C18H23NO2/c1-20-11-7-8-12(21-2)16-15(11)17-13-9-3-5-10(6-4-9)14(13)18(16)19-17/h7-10,13-14,17-19H,3-6H2,1-2H3/t9?,10?,13-,14+,17-,18+. The Bertz CT molecular complexity index is 540. The summed E-state index contributed by atoms with van der Waals surface area (Å²) in [5.74, 6) is 5.60. The third-order valence-corrected chi connectivity index (χ3v) is 6.75. The molecule has 0 aromatic heterocycles. The van der Waals surface area contributed by atoms with Crippen LogP contribution < -0.4 is 14.8 Å². The SMILES string of the molecule is COc1ccc(OC)c2c1[C@H]1N[C@@H]2[C@@H]2C3CCC(CC3)[C@@H]21. The van der Waals surface area contributed by atoms with Gasteiger partial charge < -0.3 is 14.8 Å². The Morgan fingerprint density at radius 3 is 1.62 bits per heavy atom. The van der Waals surface area contributed by atoms with Crippen molar-refractivity contribution in [2.24, 2.45) is 23.7 Å². The number of fused-ring (bicyclic) bond motifs is 7. The van der Waals surface area contributed by atoms with Gasteiger partial charge in [0, 0.05) is 23.2 Å².